The van der Waals surface area contributed by atoms with Gasteiger partial charge in [-0.15, -0.1) is 5.10 Å². The average molecular weight is 178 g/mol. The zero-order valence-corrected chi connectivity index (χ0v) is 7.02. The highest BCUT2D eigenvalue weighted by atomic mass is 32.1. The van der Waals surface area contributed by atoms with E-state index in [4.69, 9.17) is 0 Å². The van der Waals surface area contributed by atoms with Crippen molar-refractivity contribution in [1.82, 2.24) is 19.2 Å². The van der Waals surface area contributed by atoms with E-state index in [0.29, 0.717) is 5.82 Å². The smallest absolute Gasteiger partial charge is 0.200 e. The van der Waals surface area contributed by atoms with Crippen LogP contribution in [0.15, 0.2) is 30.7 Å². The summed E-state index contributed by atoms with van der Waals surface area (Å²) < 4.78 is 1.35. The first-order valence-electron chi connectivity index (χ1n) is 3.38. The summed E-state index contributed by atoms with van der Waals surface area (Å²) in [5.74, 6) is 0.589. The Morgan fingerprint density at radius 3 is 2.75 bits per heavy atom. The summed E-state index contributed by atoms with van der Waals surface area (Å²) in [4.78, 5) is 8.09. The summed E-state index contributed by atoms with van der Waals surface area (Å²) in [6.45, 7) is 0. The van der Waals surface area contributed by atoms with Gasteiger partial charge in [0.1, 0.15) is 12.0 Å². The van der Waals surface area contributed by atoms with Crippen LogP contribution in [0.1, 0.15) is 0 Å². The SMILES string of the molecule is Sn1cnc(-c2ccccn2)n1. The molecule has 2 heterocycles. The van der Waals surface area contributed by atoms with Crippen molar-refractivity contribution in [3.63, 3.8) is 0 Å². The fraction of sp³-hybridized carbons (Fsp3) is 0. The third-order valence-corrected chi connectivity index (χ3v) is 1.57. The van der Waals surface area contributed by atoms with Crippen LogP contribution in [0.4, 0.5) is 0 Å². The van der Waals surface area contributed by atoms with Crippen molar-refractivity contribution in [2.24, 2.45) is 0 Å². The van der Waals surface area contributed by atoms with Gasteiger partial charge in [0.2, 0.25) is 5.82 Å². The van der Waals surface area contributed by atoms with Crippen LogP contribution < -0.4 is 0 Å². The van der Waals surface area contributed by atoms with E-state index in [-0.39, 0.29) is 0 Å². The number of rotatable bonds is 1. The zero-order valence-electron chi connectivity index (χ0n) is 6.12. The van der Waals surface area contributed by atoms with Gasteiger partial charge in [0, 0.05) is 6.20 Å². The Morgan fingerprint density at radius 2 is 2.17 bits per heavy atom. The van der Waals surface area contributed by atoms with E-state index in [1.165, 1.54) is 10.4 Å². The molecule has 5 heteroatoms. The number of hydrogen-bond donors (Lipinski definition) is 1. The van der Waals surface area contributed by atoms with Crippen molar-refractivity contribution < 1.29 is 0 Å². The molecule has 0 spiro atoms. The van der Waals surface area contributed by atoms with Gasteiger partial charge >= 0.3 is 0 Å². The van der Waals surface area contributed by atoms with Gasteiger partial charge in [-0.3, -0.25) is 4.98 Å². The van der Waals surface area contributed by atoms with Crippen molar-refractivity contribution in [2.75, 3.05) is 0 Å². The summed E-state index contributed by atoms with van der Waals surface area (Å²) in [7, 11) is 0. The first-order valence-corrected chi connectivity index (χ1v) is 3.78. The van der Waals surface area contributed by atoms with Crippen molar-refractivity contribution in [3.8, 4) is 11.5 Å². The summed E-state index contributed by atoms with van der Waals surface area (Å²) in [5, 5.41) is 3.99. The molecule has 0 N–H and O–H groups in total. The Morgan fingerprint density at radius 1 is 1.25 bits per heavy atom. The molecule has 2 aromatic rings. The lowest BCUT2D eigenvalue weighted by molar-refractivity contribution is 1.02. The zero-order chi connectivity index (χ0) is 8.39. The molecule has 0 saturated carbocycles. The molecule has 0 aliphatic heterocycles. The normalized spacial score (nSPS) is 10.1. The van der Waals surface area contributed by atoms with Crippen molar-refractivity contribution in [3.05, 3.63) is 30.7 Å². The van der Waals surface area contributed by atoms with Crippen LogP contribution in [0.5, 0.6) is 0 Å². The van der Waals surface area contributed by atoms with Gasteiger partial charge < -0.3 is 0 Å². The maximum absolute atomic E-state index is 4.09. The van der Waals surface area contributed by atoms with E-state index >= 15 is 0 Å². The van der Waals surface area contributed by atoms with Crippen LogP contribution >= 0.6 is 12.8 Å². The first-order chi connectivity index (χ1) is 5.86. The van der Waals surface area contributed by atoms with Gasteiger partial charge in [0.05, 0.1) is 0 Å². The lowest BCUT2D eigenvalue weighted by Gasteiger charge is -1.90. The standard InChI is InChI=1S/C7H6N4S/c12-11-5-9-7(10-11)6-3-1-2-4-8-6/h1-5,12H. The summed E-state index contributed by atoms with van der Waals surface area (Å²) in [6, 6.07) is 5.59. The van der Waals surface area contributed by atoms with Crippen molar-refractivity contribution in [2.45, 2.75) is 0 Å². The minimum Gasteiger partial charge on any atom is -0.253 e. The topological polar surface area (TPSA) is 43.6 Å². The molecule has 0 amide bonds. The quantitative estimate of drug-likeness (QED) is 0.663. The summed E-state index contributed by atoms with van der Waals surface area (Å²) >= 11 is 3.97. The minimum absolute atomic E-state index is 0.589. The molecule has 0 unspecified atom stereocenters. The van der Waals surface area contributed by atoms with E-state index < -0.39 is 0 Å². The highest BCUT2D eigenvalue weighted by Crippen LogP contribution is 2.08. The molecule has 0 aromatic carbocycles. The maximum Gasteiger partial charge on any atom is 0.200 e. The van der Waals surface area contributed by atoms with Gasteiger partial charge in [0.25, 0.3) is 0 Å². The fourth-order valence-corrected chi connectivity index (χ4v) is 1.00. The van der Waals surface area contributed by atoms with Crippen LogP contribution in [-0.4, -0.2) is 19.2 Å². The van der Waals surface area contributed by atoms with Crippen molar-refractivity contribution >= 4 is 12.8 Å². The van der Waals surface area contributed by atoms with Crippen LogP contribution in [0.25, 0.3) is 11.5 Å². The fourth-order valence-electron chi connectivity index (χ4n) is 0.867. The Balaban J connectivity index is 2.45. The summed E-state index contributed by atoms with van der Waals surface area (Å²) in [6.07, 6.45) is 3.22. The van der Waals surface area contributed by atoms with Crippen molar-refractivity contribution in [1.29, 1.82) is 0 Å². The predicted molar refractivity (Wildman–Crippen MR) is 47.6 cm³/mol. The molecule has 4 nitrogen and oxygen atoms in total. The molecule has 0 bridgehead atoms. The lowest BCUT2D eigenvalue weighted by atomic mass is 10.3. The number of nitrogens with zero attached hydrogens (tertiary/aromatic N) is 4. The Hall–Kier alpha value is -1.36. The molecule has 0 atom stereocenters. The van der Waals surface area contributed by atoms with Gasteiger partial charge in [-0.1, -0.05) is 6.07 Å². The molecule has 0 aliphatic carbocycles. The number of aromatic nitrogens is 4. The first kappa shape index (κ1) is 7.30. The van der Waals surface area contributed by atoms with E-state index in [0.717, 1.165) is 5.69 Å². The number of hydrogen-bond acceptors (Lipinski definition) is 4. The highest BCUT2D eigenvalue weighted by molar-refractivity contribution is 7.78. The highest BCUT2D eigenvalue weighted by Gasteiger charge is 2.01. The van der Waals surface area contributed by atoms with Gasteiger partial charge in [0.15, 0.2) is 0 Å². The van der Waals surface area contributed by atoms with Crippen LogP contribution in [0, 0.1) is 0 Å². The maximum atomic E-state index is 4.09. The second-order valence-corrected chi connectivity index (χ2v) is 2.61. The van der Waals surface area contributed by atoms with E-state index in [1.54, 1.807) is 6.20 Å². The van der Waals surface area contributed by atoms with Gasteiger partial charge in [-0.2, -0.15) is 4.09 Å². The molecule has 0 radical (unpaired) electrons. The third kappa shape index (κ3) is 1.31. The molecule has 2 rings (SSSR count). The van der Waals surface area contributed by atoms with Crippen LogP contribution in [0.2, 0.25) is 0 Å². The van der Waals surface area contributed by atoms with Gasteiger partial charge in [-0.05, 0) is 24.9 Å². The van der Waals surface area contributed by atoms with E-state index in [2.05, 4.69) is 27.9 Å². The predicted octanol–water partition coefficient (Wildman–Crippen LogP) is 1.03. The van der Waals surface area contributed by atoms with E-state index in [1.807, 2.05) is 18.2 Å². The monoisotopic (exact) mass is 178 g/mol. The third-order valence-electron chi connectivity index (χ3n) is 1.37. The van der Waals surface area contributed by atoms with Crippen LogP contribution in [0.3, 0.4) is 0 Å². The Bertz CT molecular complexity index is 370. The molecule has 60 valence electrons. The molecule has 0 aliphatic rings. The molecular weight excluding hydrogens is 172 g/mol. The second kappa shape index (κ2) is 2.94. The molecule has 0 fully saturated rings. The molecule has 2 aromatic heterocycles. The Kier molecular flexibility index (Phi) is 1.79. The Labute approximate surface area is 74.8 Å². The molecule has 0 saturated heterocycles. The number of pyridine rings is 1. The second-order valence-electron chi connectivity index (χ2n) is 2.20. The van der Waals surface area contributed by atoms with Gasteiger partial charge in [-0.25, -0.2) is 4.98 Å². The average Bonchev–Trinajstić information content (AvgIpc) is 2.54. The molecule has 12 heavy (non-hydrogen) atoms. The number of thiol groups is 1. The summed E-state index contributed by atoms with van der Waals surface area (Å²) in [5.41, 5.74) is 0.755. The van der Waals surface area contributed by atoms with Crippen LogP contribution in [-0.2, 0) is 0 Å². The largest absolute Gasteiger partial charge is 0.253 e. The lowest BCUT2D eigenvalue weighted by Crippen LogP contribution is -1.85. The minimum atomic E-state index is 0.589. The molecular formula is C7H6N4S. The van der Waals surface area contributed by atoms with E-state index in [9.17, 15) is 0 Å².